The zero-order valence-electron chi connectivity index (χ0n) is 14.3. The molecular weight excluding hydrogens is 379 g/mol. The van der Waals surface area contributed by atoms with Crippen molar-refractivity contribution in [2.45, 2.75) is 19.8 Å². The Labute approximate surface area is 161 Å². The summed E-state index contributed by atoms with van der Waals surface area (Å²) in [6, 6.07) is 4.96. The van der Waals surface area contributed by atoms with Gasteiger partial charge in [0.15, 0.2) is 12.4 Å². The van der Waals surface area contributed by atoms with Crippen molar-refractivity contribution in [2.24, 2.45) is 0 Å². The van der Waals surface area contributed by atoms with Crippen molar-refractivity contribution in [3.05, 3.63) is 33.3 Å². The number of benzene rings is 1. The number of hydrogen-bond donors (Lipinski definition) is 0. The van der Waals surface area contributed by atoms with Crippen LogP contribution in [0.5, 0.6) is 5.75 Å². The fourth-order valence-corrected chi connectivity index (χ4v) is 3.15. The fourth-order valence-electron chi connectivity index (χ4n) is 2.53. The van der Waals surface area contributed by atoms with Gasteiger partial charge in [0.2, 0.25) is 0 Å². The number of ether oxygens (including phenoxy) is 2. The summed E-state index contributed by atoms with van der Waals surface area (Å²) in [4.78, 5) is 25.4. The van der Waals surface area contributed by atoms with Gasteiger partial charge in [-0.05, 0) is 43.5 Å². The second-order valence-corrected chi connectivity index (χ2v) is 6.39. The van der Waals surface area contributed by atoms with Crippen LogP contribution in [0.4, 0.5) is 0 Å². The van der Waals surface area contributed by atoms with E-state index < -0.39 is 5.97 Å². The van der Waals surface area contributed by atoms with Gasteiger partial charge < -0.3 is 14.4 Å². The van der Waals surface area contributed by atoms with E-state index in [2.05, 4.69) is 0 Å². The van der Waals surface area contributed by atoms with Gasteiger partial charge in [-0.2, -0.15) is 5.26 Å². The summed E-state index contributed by atoms with van der Waals surface area (Å²) in [6.07, 6.45) is 3.32. The Hall–Kier alpha value is -2.23. The van der Waals surface area contributed by atoms with E-state index in [4.69, 9.17) is 32.7 Å². The molecule has 1 aromatic rings. The van der Waals surface area contributed by atoms with E-state index in [0.717, 1.165) is 12.8 Å². The maximum atomic E-state index is 12.3. The molecule has 1 fully saturated rings. The quantitative estimate of drug-likeness (QED) is 0.417. The predicted octanol–water partition coefficient (Wildman–Crippen LogP) is 3.46. The minimum atomic E-state index is -0.536. The van der Waals surface area contributed by atoms with Crippen molar-refractivity contribution in [3.8, 4) is 11.8 Å². The SMILES string of the molecule is CCOC(=O)COc1c(Cl)cc(/C=C(\C#N)C(=O)N2CCCC2)cc1Cl. The fraction of sp³-hybridized carbons (Fsp3) is 0.389. The van der Waals surface area contributed by atoms with Crippen molar-refractivity contribution in [3.63, 3.8) is 0 Å². The molecule has 8 heteroatoms. The lowest BCUT2D eigenvalue weighted by Crippen LogP contribution is -2.28. The third-order valence-corrected chi connectivity index (χ3v) is 4.28. The van der Waals surface area contributed by atoms with Crippen LogP contribution in [0.2, 0.25) is 10.0 Å². The first kappa shape index (κ1) is 20.1. The van der Waals surface area contributed by atoms with Gasteiger partial charge in [-0.1, -0.05) is 23.2 Å². The molecule has 0 N–H and O–H groups in total. The van der Waals surface area contributed by atoms with Gasteiger partial charge in [0.05, 0.1) is 16.7 Å². The highest BCUT2D eigenvalue weighted by atomic mass is 35.5. The molecule has 138 valence electrons. The lowest BCUT2D eigenvalue weighted by atomic mass is 10.1. The molecule has 0 aliphatic carbocycles. The molecule has 6 nitrogen and oxygen atoms in total. The minimum Gasteiger partial charge on any atom is -0.479 e. The second-order valence-electron chi connectivity index (χ2n) is 5.58. The summed E-state index contributed by atoms with van der Waals surface area (Å²) >= 11 is 12.3. The molecule has 1 amide bonds. The summed E-state index contributed by atoms with van der Waals surface area (Å²) in [6.45, 7) is 2.92. The molecule has 1 heterocycles. The monoisotopic (exact) mass is 396 g/mol. The maximum absolute atomic E-state index is 12.3. The molecule has 1 aliphatic rings. The molecule has 0 aromatic heterocycles. The van der Waals surface area contributed by atoms with Gasteiger partial charge in [-0.25, -0.2) is 4.79 Å². The van der Waals surface area contributed by atoms with Crippen molar-refractivity contribution in [1.82, 2.24) is 4.90 Å². The Bertz CT molecular complexity index is 742. The highest BCUT2D eigenvalue weighted by Gasteiger charge is 2.21. The van der Waals surface area contributed by atoms with Crippen LogP contribution in [0.25, 0.3) is 6.08 Å². The molecule has 26 heavy (non-hydrogen) atoms. The van der Waals surface area contributed by atoms with Crippen LogP contribution in [0.1, 0.15) is 25.3 Å². The van der Waals surface area contributed by atoms with Crippen LogP contribution in [0, 0.1) is 11.3 Å². The summed E-state index contributed by atoms with van der Waals surface area (Å²) in [5.41, 5.74) is 0.506. The Kier molecular flexibility index (Phi) is 7.31. The lowest BCUT2D eigenvalue weighted by molar-refractivity contribution is -0.145. The predicted molar refractivity (Wildman–Crippen MR) is 98.0 cm³/mol. The topological polar surface area (TPSA) is 79.6 Å². The van der Waals surface area contributed by atoms with E-state index in [1.165, 1.54) is 18.2 Å². The normalized spacial score (nSPS) is 14.1. The molecule has 1 aromatic carbocycles. The Morgan fingerprint density at radius 3 is 2.42 bits per heavy atom. The van der Waals surface area contributed by atoms with Gasteiger partial charge in [-0.3, -0.25) is 4.79 Å². The van der Waals surface area contributed by atoms with Gasteiger partial charge >= 0.3 is 5.97 Å². The van der Waals surface area contributed by atoms with Gasteiger partial charge in [0.1, 0.15) is 11.6 Å². The first-order valence-corrected chi connectivity index (χ1v) is 8.90. The summed E-state index contributed by atoms with van der Waals surface area (Å²) in [7, 11) is 0. The molecule has 2 rings (SSSR count). The number of likely N-dealkylation sites (tertiary alicyclic amines) is 1. The molecule has 0 bridgehead atoms. The van der Waals surface area contributed by atoms with Crippen molar-refractivity contribution in [2.75, 3.05) is 26.3 Å². The Morgan fingerprint density at radius 1 is 1.27 bits per heavy atom. The third kappa shape index (κ3) is 5.13. The number of rotatable bonds is 6. The molecule has 0 atom stereocenters. The second kappa shape index (κ2) is 9.46. The van der Waals surface area contributed by atoms with Gasteiger partial charge in [-0.15, -0.1) is 0 Å². The highest BCUT2D eigenvalue weighted by molar-refractivity contribution is 6.37. The largest absolute Gasteiger partial charge is 0.479 e. The zero-order chi connectivity index (χ0) is 19.1. The standard InChI is InChI=1S/C18H18Cl2N2O4/c1-2-25-16(23)11-26-17-14(19)8-12(9-15(17)20)7-13(10-21)18(24)22-5-3-4-6-22/h7-9H,2-6,11H2,1H3/b13-7+. The molecule has 0 unspecified atom stereocenters. The van der Waals surface area contributed by atoms with E-state index in [1.807, 2.05) is 6.07 Å². The van der Waals surface area contributed by atoms with E-state index in [1.54, 1.807) is 11.8 Å². The Morgan fingerprint density at radius 2 is 1.88 bits per heavy atom. The van der Waals surface area contributed by atoms with Crippen LogP contribution in [0.3, 0.4) is 0 Å². The smallest absolute Gasteiger partial charge is 0.344 e. The van der Waals surface area contributed by atoms with Gasteiger partial charge in [0.25, 0.3) is 5.91 Å². The molecular formula is C18H18Cl2N2O4. The van der Waals surface area contributed by atoms with Crippen molar-refractivity contribution in [1.29, 1.82) is 5.26 Å². The number of hydrogen-bond acceptors (Lipinski definition) is 5. The van der Waals surface area contributed by atoms with E-state index in [9.17, 15) is 14.9 Å². The van der Waals surface area contributed by atoms with Crippen molar-refractivity contribution < 1.29 is 19.1 Å². The van der Waals surface area contributed by atoms with Gasteiger partial charge in [0, 0.05) is 13.1 Å². The lowest BCUT2D eigenvalue weighted by Gasteiger charge is -2.14. The first-order valence-electron chi connectivity index (χ1n) is 8.14. The van der Waals surface area contributed by atoms with Crippen molar-refractivity contribution >= 4 is 41.2 Å². The summed E-state index contributed by atoms with van der Waals surface area (Å²) in [5, 5.41) is 9.63. The summed E-state index contributed by atoms with van der Waals surface area (Å²) in [5.74, 6) is -0.700. The maximum Gasteiger partial charge on any atom is 0.344 e. The minimum absolute atomic E-state index is 0.0132. The molecule has 1 saturated heterocycles. The number of halogens is 2. The van der Waals surface area contributed by atoms with Crippen LogP contribution >= 0.6 is 23.2 Å². The molecule has 1 aliphatic heterocycles. The number of nitrogens with zero attached hydrogens (tertiary/aromatic N) is 2. The van der Waals surface area contributed by atoms with Crippen LogP contribution in [-0.2, 0) is 14.3 Å². The molecule has 0 saturated carbocycles. The van der Waals surface area contributed by atoms with Crippen LogP contribution in [-0.4, -0.2) is 43.1 Å². The zero-order valence-corrected chi connectivity index (χ0v) is 15.8. The Balaban J connectivity index is 2.18. The van der Waals surface area contributed by atoms with E-state index in [0.29, 0.717) is 18.7 Å². The number of amides is 1. The number of carbonyl (C=O) groups excluding carboxylic acids is 2. The first-order chi connectivity index (χ1) is 12.5. The molecule has 0 spiro atoms. The van der Waals surface area contributed by atoms with Crippen LogP contribution in [0.15, 0.2) is 17.7 Å². The van der Waals surface area contributed by atoms with Crippen LogP contribution < -0.4 is 4.74 Å². The average molecular weight is 397 g/mol. The van der Waals surface area contributed by atoms with E-state index in [-0.39, 0.29) is 40.5 Å². The average Bonchev–Trinajstić information content (AvgIpc) is 3.13. The highest BCUT2D eigenvalue weighted by Crippen LogP contribution is 2.35. The number of carbonyl (C=O) groups is 2. The molecule has 0 radical (unpaired) electrons. The number of nitriles is 1. The third-order valence-electron chi connectivity index (χ3n) is 3.72. The van der Waals surface area contributed by atoms with E-state index >= 15 is 0 Å². The number of esters is 1. The summed E-state index contributed by atoms with van der Waals surface area (Å²) < 4.78 is 10.1.